The van der Waals surface area contributed by atoms with Crippen LogP contribution >= 0.6 is 15.9 Å². The van der Waals surface area contributed by atoms with E-state index in [1.807, 2.05) is 24.3 Å². The summed E-state index contributed by atoms with van der Waals surface area (Å²) < 4.78 is 6.65. The van der Waals surface area contributed by atoms with Crippen LogP contribution in [0.15, 0.2) is 28.7 Å². The topological polar surface area (TPSA) is 41.6 Å². The maximum absolute atomic E-state index is 12.2. The van der Waals surface area contributed by atoms with Crippen molar-refractivity contribution in [3.63, 3.8) is 0 Å². The Balaban J connectivity index is 1.77. The molecule has 1 aliphatic rings. The number of benzene rings is 1. The van der Waals surface area contributed by atoms with E-state index in [2.05, 4.69) is 33.1 Å². The van der Waals surface area contributed by atoms with Gasteiger partial charge in [-0.15, -0.1) is 0 Å². The summed E-state index contributed by atoms with van der Waals surface area (Å²) in [7, 11) is 0. The van der Waals surface area contributed by atoms with Crippen LogP contribution in [-0.4, -0.2) is 42.6 Å². The first kappa shape index (κ1) is 17.3. The summed E-state index contributed by atoms with van der Waals surface area (Å²) in [6.45, 7) is 7.29. The van der Waals surface area contributed by atoms with Crippen LogP contribution in [0.25, 0.3) is 0 Å². The number of nitrogens with one attached hydrogen (secondary N) is 1. The van der Waals surface area contributed by atoms with E-state index in [4.69, 9.17) is 4.74 Å². The summed E-state index contributed by atoms with van der Waals surface area (Å²) in [6, 6.07) is 7.83. The van der Waals surface area contributed by atoms with Crippen LogP contribution in [0.3, 0.4) is 0 Å². The third kappa shape index (κ3) is 5.29. The van der Waals surface area contributed by atoms with E-state index in [1.165, 1.54) is 6.42 Å². The van der Waals surface area contributed by atoms with Crippen LogP contribution in [0, 0.1) is 0 Å². The molecule has 0 aliphatic carbocycles. The Kier molecular flexibility index (Phi) is 6.70. The van der Waals surface area contributed by atoms with Gasteiger partial charge in [-0.05, 0) is 50.9 Å². The zero-order valence-corrected chi connectivity index (χ0v) is 14.9. The van der Waals surface area contributed by atoms with Gasteiger partial charge >= 0.3 is 0 Å². The number of hydrogen-bond donors (Lipinski definition) is 1. The fraction of sp³-hybridized carbons (Fsp3) is 0.588. The lowest BCUT2D eigenvalue weighted by atomic mass is 10.0. The van der Waals surface area contributed by atoms with Gasteiger partial charge in [0.2, 0.25) is 0 Å². The number of hydrogen-bond acceptors (Lipinski definition) is 3. The minimum absolute atomic E-state index is 0.0334. The summed E-state index contributed by atoms with van der Waals surface area (Å²) in [5, 5.41) is 3.11. The van der Waals surface area contributed by atoms with Crippen LogP contribution < -0.4 is 10.1 Å². The molecular weight excluding hydrogens is 344 g/mol. The van der Waals surface area contributed by atoms with E-state index in [0.29, 0.717) is 5.75 Å². The fourth-order valence-electron chi connectivity index (χ4n) is 2.73. The molecule has 1 atom stereocenters. The first-order chi connectivity index (χ1) is 10.6. The Labute approximate surface area is 141 Å². The number of likely N-dealkylation sites (tertiary alicyclic amines) is 1. The molecule has 1 fully saturated rings. The molecule has 0 unspecified atom stereocenters. The van der Waals surface area contributed by atoms with Gasteiger partial charge in [0.1, 0.15) is 5.75 Å². The highest BCUT2D eigenvalue weighted by molar-refractivity contribution is 9.10. The minimum atomic E-state index is -0.483. The largest absolute Gasteiger partial charge is 0.481 e. The Morgan fingerprint density at radius 3 is 2.82 bits per heavy atom. The SMILES string of the molecule is CCCN1CCC(NC(=O)[C@H](C)Oc2cccc(Br)c2)CC1. The van der Waals surface area contributed by atoms with Gasteiger partial charge in [-0.25, -0.2) is 0 Å². The molecule has 1 N–H and O–H groups in total. The number of carbonyl (C=O) groups excluding carboxylic acids is 1. The molecule has 2 rings (SSSR count). The second kappa shape index (κ2) is 8.53. The molecule has 1 saturated heterocycles. The quantitative estimate of drug-likeness (QED) is 0.837. The van der Waals surface area contributed by atoms with Crippen molar-refractivity contribution >= 4 is 21.8 Å². The van der Waals surface area contributed by atoms with Crippen molar-refractivity contribution in [2.45, 2.75) is 45.3 Å². The molecule has 0 bridgehead atoms. The molecule has 0 radical (unpaired) electrons. The lowest BCUT2D eigenvalue weighted by molar-refractivity contribution is -0.128. The predicted octanol–water partition coefficient (Wildman–Crippen LogP) is 3.21. The predicted molar refractivity (Wildman–Crippen MR) is 92.1 cm³/mol. The first-order valence-corrected chi connectivity index (χ1v) is 8.82. The monoisotopic (exact) mass is 368 g/mol. The third-order valence-corrected chi connectivity index (χ3v) is 4.45. The molecule has 1 amide bonds. The van der Waals surface area contributed by atoms with Gasteiger partial charge in [0.05, 0.1) is 0 Å². The first-order valence-electron chi connectivity index (χ1n) is 8.03. The number of rotatable bonds is 6. The van der Waals surface area contributed by atoms with Gasteiger partial charge in [-0.3, -0.25) is 4.79 Å². The number of amides is 1. The van der Waals surface area contributed by atoms with Crippen molar-refractivity contribution in [3.05, 3.63) is 28.7 Å². The van der Waals surface area contributed by atoms with Crippen LogP contribution in [0.2, 0.25) is 0 Å². The number of nitrogens with zero attached hydrogens (tertiary/aromatic N) is 1. The van der Waals surface area contributed by atoms with Gasteiger partial charge in [-0.1, -0.05) is 28.9 Å². The van der Waals surface area contributed by atoms with Gasteiger partial charge in [0.25, 0.3) is 5.91 Å². The Bertz CT molecular complexity index is 487. The van der Waals surface area contributed by atoms with E-state index in [0.717, 1.165) is 36.9 Å². The van der Waals surface area contributed by atoms with Gasteiger partial charge in [0.15, 0.2) is 6.10 Å². The van der Waals surface area contributed by atoms with Crippen molar-refractivity contribution < 1.29 is 9.53 Å². The summed E-state index contributed by atoms with van der Waals surface area (Å²) in [6.07, 6.45) is 2.75. The summed E-state index contributed by atoms with van der Waals surface area (Å²) >= 11 is 3.40. The van der Waals surface area contributed by atoms with Gasteiger partial charge < -0.3 is 15.0 Å². The number of halogens is 1. The highest BCUT2D eigenvalue weighted by atomic mass is 79.9. The van der Waals surface area contributed by atoms with Crippen molar-refractivity contribution in [1.29, 1.82) is 0 Å². The van der Waals surface area contributed by atoms with Crippen LogP contribution in [0.4, 0.5) is 0 Å². The molecule has 0 spiro atoms. The number of carbonyl (C=O) groups is 1. The minimum Gasteiger partial charge on any atom is -0.481 e. The smallest absolute Gasteiger partial charge is 0.260 e. The highest BCUT2D eigenvalue weighted by Gasteiger charge is 2.23. The molecule has 1 aromatic carbocycles. The van der Waals surface area contributed by atoms with Gasteiger partial charge in [0, 0.05) is 23.6 Å². The molecule has 122 valence electrons. The highest BCUT2D eigenvalue weighted by Crippen LogP contribution is 2.19. The fourth-order valence-corrected chi connectivity index (χ4v) is 3.11. The zero-order valence-electron chi connectivity index (χ0n) is 13.3. The van der Waals surface area contributed by atoms with Crippen molar-refractivity contribution in [3.8, 4) is 5.75 Å². The second-order valence-corrected chi connectivity index (χ2v) is 6.76. The Hall–Kier alpha value is -1.07. The maximum atomic E-state index is 12.2. The number of ether oxygens (including phenoxy) is 1. The molecule has 4 nitrogen and oxygen atoms in total. The standard InChI is InChI=1S/C17H25BrN2O2/c1-3-9-20-10-7-15(8-11-20)19-17(21)13(2)22-16-6-4-5-14(18)12-16/h4-6,12-13,15H,3,7-11H2,1-2H3,(H,19,21)/t13-/m0/s1. The molecule has 1 aromatic rings. The summed E-state index contributed by atoms with van der Waals surface area (Å²) in [4.78, 5) is 14.7. The van der Waals surface area contributed by atoms with Crippen LogP contribution in [0.1, 0.15) is 33.1 Å². The molecule has 0 saturated carbocycles. The second-order valence-electron chi connectivity index (χ2n) is 5.84. The molecular formula is C17H25BrN2O2. The average Bonchev–Trinajstić information content (AvgIpc) is 2.49. The molecule has 22 heavy (non-hydrogen) atoms. The van der Waals surface area contributed by atoms with E-state index in [9.17, 15) is 4.79 Å². The summed E-state index contributed by atoms with van der Waals surface area (Å²) in [5.74, 6) is 0.670. The van der Waals surface area contributed by atoms with Crippen molar-refractivity contribution in [2.24, 2.45) is 0 Å². The average molecular weight is 369 g/mol. The molecule has 0 aromatic heterocycles. The maximum Gasteiger partial charge on any atom is 0.260 e. The Morgan fingerprint density at radius 2 is 2.18 bits per heavy atom. The number of piperidine rings is 1. The normalized spacial score (nSPS) is 18.0. The van der Waals surface area contributed by atoms with E-state index >= 15 is 0 Å². The van der Waals surface area contributed by atoms with E-state index in [-0.39, 0.29) is 11.9 Å². The van der Waals surface area contributed by atoms with Crippen molar-refractivity contribution in [1.82, 2.24) is 10.2 Å². The Morgan fingerprint density at radius 1 is 1.45 bits per heavy atom. The molecule has 1 aliphatic heterocycles. The van der Waals surface area contributed by atoms with E-state index in [1.54, 1.807) is 6.92 Å². The van der Waals surface area contributed by atoms with Crippen molar-refractivity contribution in [2.75, 3.05) is 19.6 Å². The van der Waals surface area contributed by atoms with Crippen LogP contribution in [0.5, 0.6) is 5.75 Å². The molecule has 1 heterocycles. The lowest BCUT2D eigenvalue weighted by Gasteiger charge is -2.32. The third-order valence-electron chi connectivity index (χ3n) is 3.95. The summed E-state index contributed by atoms with van der Waals surface area (Å²) in [5.41, 5.74) is 0. The zero-order chi connectivity index (χ0) is 15.9. The van der Waals surface area contributed by atoms with Crippen LogP contribution in [-0.2, 0) is 4.79 Å². The lowest BCUT2D eigenvalue weighted by Crippen LogP contribution is -2.48. The molecule has 5 heteroatoms. The van der Waals surface area contributed by atoms with Gasteiger partial charge in [-0.2, -0.15) is 0 Å². The van der Waals surface area contributed by atoms with E-state index < -0.39 is 6.10 Å².